The Labute approximate surface area is 234 Å². The molecular weight excluding hydrogens is 500 g/mol. The molecule has 0 bridgehead atoms. The first-order valence-electron chi connectivity index (χ1n) is 13.7. The van der Waals surface area contributed by atoms with Crippen LogP contribution in [-0.4, -0.2) is 70.2 Å². The average molecular weight is 549 g/mol. The van der Waals surface area contributed by atoms with Gasteiger partial charge in [-0.05, 0) is 51.5 Å². The number of hydrogen-bond donors (Lipinski definition) is 2. The van der Waals surface area contributed by atoms with Crippen molar-refractivity contribution in [2.24, 2.45) is 5.92 Å². The minimum Gasteiger partial charge on any atom is -0.460 e. The maximum absolute atomic E-state index is 12.9. The van der Waals surface area contributed by atoms with Gasteiger partial charge in [0.15, 0.2) is 0 Å². The second-order valence-electron chi connectivity index (χ2n) is 10.5. The number of amides is 2. The third-order valence-corrected chi connectivity index (χ3v) is 5.63. The van der Waals surface area contributed by atoms with Gasteiger partial charge in [0.05, 0.1) is 25.7 Å². The molecule has 39 heavy (non-hydrogen) atoms. The Balaban J connectivity index is 2.37. The van der Waals surface area contributed by atoms with E-state index in [0.717, 1.165) is 18.4 Å². The Morgan fingerprint density at radius 1 is 0.949 bits per heavy atom. The molecule has 2 atom stereocenters. The minimum absolute atomic E-state index is 0.0818. The van der Waals surface area contributed by atoms with Crippen LogP contribution < -0.4 is 10.6 Å². The zero-order valence-corrected chi connectivity index (χ0v) is 24.3. The SMILES string of the molecule is COCCOCOCCNC(=O)C(CNC(=O)CC(C)CCC=CCCC(=O)OC(C)(C)C)c1ccccc1. The Kier molecular flexibility index (Phi) is 17.7. The highest BCUT2D eigenvalue weighted by molar-refractivity contribution is 5.85. The van der Waals surface area contributed by atoms with Crippen molar-refractivity contribution in [2.75, 3.05) is 46.8 Å². The summed E-state index contributed by atoms with van der Waals surface area (Å²) in [4.78, 5) is 37.2. The van der Waals surface area contributed by atoms with Crippen LogP contribution >= 0.6 is 0 Å². The third-order valence-electron chi connectivity index (χ3n) is 5.63. The van der Waals surface area contributed by atoms with Crippen molar-refractivity contribution in [3.05, 3.63) is 48.0 Å². The molecule has 0 saturated carbocycles. The lowest BCUT2D eigenvalue weighted by Crippen LogP contribution is -2.39. The molecule has 220 valence electrons. The van der Waals surface area contributed by atoms with Crippen LogP contribution in [0, 0.1) is 5.92 Å². The summed E-state index contributed by atoms with van der Waals surface area (Å²) in [6.45, 7) is 9.56. The lowest BCUT2D eigenvalue weighted by molar-refractivity contribution is -0.154. The summed E-state index contributed by atoms with van der Waals surface area (Å²) in [5.74, 6) is -0.767. The highest BCUT2D eigenvalue weighted by atomic mass is 16.7. The van der Waals surface area contributed by atoms with Crippen LogP contribution in [0.2, 0.25) is 0 Å². The van der Waals surface area contributed by atoms with Crippen molar-refractivity contribution < 1.29 is 33.3 Å². The van der Waals surface area contributed by atoms with Gasteiger partial charge < -0.3 is 29.6 Å². The monoisotopic (exact) mass is 548 g/mol. The lowest BCUT2D eigenvalue weighted by atomic mass is 9.97. The molecule has 2 N–H and O–H groups in total. The van der Waals surface area contributed by atoms with Gasteiger partial charge in [-0.25, -0.2) is 0 Å². The van der Waals surface area contributed by atoms with Gasteiger partial charge >= 0.3 is 5.97 Å². The number of benzene rings is 1. The van der Waals surface area contributed by atoms with Crippen molar-refractivity contribution in [3.63, 3.8) is 0 Å². The van der Waals surface area contributed by atoms with Crippen molar-refractivity contribution >= 4 is 17.8 Å². The molecule has 0 spiro atoms. The van der Waals surface area contributed by atoms with Crippen LogP contribution in [0.15, 0.2) is 42.5 Å². The van der Waals surface area contributed by atoms with E-state index in [1.165, 1.54) is 0 Å². The highest BCUT2D eigenvalue weighted by Crippen LogP contribution is 2.16. The quantitative estimate of drug-likeness (QED) is 0.109. The van der Waals surface area contributed by atoms with E-state index in [2.05, 4.69) is 10.6 Å². The number of rotatable bonds is 20. The van der Waals surface area contributed by atoms with Crippen LogP contribution in [0.1, 0.15) is 71.3 Å². The predicted octanol–water partition coefficient (Wildman–Crippen LogP) is 4.12. The molecule has 0 aromatic heterocycles. The molecule has 1 aromatic rings. The van der Waals surface area contributed by atoms with Crippen LogP contribution in [0.25, 0.3) is 0 Å². The standard InChI is InChI=1S/C30H48N2O7/c1-24(13-9-6-7-12-16-28(34)39-30(2,3)4)21-27(33)32-22-26(25-14-10-8-11-15-25)29(35)31-17-18-37-23-38-20-19-36-5/h6-8,10-11,14-15,24,26H,9,12-13,16-23H2,1-5H3,(H,31,35)(H,32,33). The van der Waals surface area contributed by atoms with Gasteiger partial charge in [-0.1, -0.05) is 49.4 Å². The van der Waals surface area contributed by atoms with E-state index in [4.69, 9.17) is 18.9 Å². The van der Waals surface area contributed by atoms with Gasteiger partial charge in [0.25, 0.3) is 0 Å². The Bertz CT molecular complexity index is 853. The molecular formula is C30H48N2O7. The van der Waals surface area contributed by atoms with E-state index in [0.29, 0.717) is 45.6 Å². The average Bonchev–Trinajstić information content (AvgIpc) is 2.87. The highest BCUT2D eigenvalue weighted by Gasteiger charge is 2.21. The largest absolute Gasteiger partial charge is 0.460 e. The molecule has 0 saturated heterocycles. The molecule has 9 heteroatoms. The number of hydrogen-bond acceptors (Lipinski definition) is 7. The van der Waals surface area contributed by atoms with Gasteiger partial charge in [0.1, 0.15) is 12.4 Å². The van der Waals surface area contributed by atoms with Crippen molar-refractivity contribution in [2.45, 2.75) is 71.3 Å². The molecule has 1 rings (SSSR count). The molecule has 9 nitrogen and oxygen atoms in total. The number of nitrogens with one attached hydrogen (secondary N) is 2. The summed E-state index contributed by atoms with van der Waals surface area (Å²) in [7, 11) is 1.60. The first-order chi connectivity index (χ1) is 18.6. The molecule has 0 radical (unpaired) electrons. The first-order valence-corrected chi connectivity index (χ1v) is 13.7. The summed E-state index contributed by atoms with van der Waals surface area (Å²) >= 11 is 0. The van der Waals surface area contributed by atoms with E-state index in [1.54, 1.807) is 7.11 Å². The van der Waals surface area contributed by atoms with E-state index in [-0.39, 0.29) is 37.0 Å². The summed E-state index contributed by atoms with van der Waals surface area (Å²) in [5, 5.41) is 5.81. The molecule has 0 aliphatic carbocycles. The van der Waals surface area contributed by atoms with E-state index in [9.17, 15) is 14.4 Å². The summed E-state index contributed by atoms with van der Waals surface area (Å²) in [5.41, 5.74) is 0.375. The van der Waals surface area contributed by atoms with Crippen LogP contribution in [0.4, 0.5) is 0 Å². The van der Waals surface area contributed by atoms with Gasteiger partial charge in [-0.3, -0.25) is 14.4 Å². The van der Waals surface area contributed by atoms with Gasteiger partial charge in [-0.2, -0.15) is 0 Å². The molecule has 0 aliphatic heterocycles. The van der Waals surface area contributed by atoms with Crippen LogP contribution in [0.3, 0.4) is 0 Å². The Morgan fingerprint density at radius 3 is 2.33 bits per heavy atom. The minimum atomic E-state index is -0.503. The second kappa shape index (κ2) is 20.2. The van der Waals surface area contributed by atoms with Crippen molar-refractivity contribution in [3.8, 4) is 0 Å². The lowest BCUT2D eigenvalue weighted by Gasteiger charge is -2.19. The fourth-order valence-electron chi connectivity index (χ4n) is 3.65. The maximum atomic E-state index is 12.9. The number of ether oxygens (including phenoxy) is 4. The maximum Gasteiger partial charge on any atom is 0.306 e. The number of esters is 1. The fraction of sp³-hybridized carbons (Fsp3) is 0.633. The van der Waals surface area contributed by atoms with Crippen LogP contribution in [0.5, 0.6) is 0 Å². The smallest absolute Gasteiger partial charge is 0.306 e. The summed E-state index contributed by atoms with van der Waals surface area (Å²) < 4.78 is 20.8. The predicted molar refractivity (Wildman–Crippen MR) is 151 cm³/mol. The number of methoxy groups -OCH3 is 1. The first kappa shape index (κ1) is 34.3. The molecule has 0 fully saturated rings. The number of carbonyl (C=O) groups is 3. The van der Waals surface area contributed by atoms with E-state index in [1.807, 2.05) is 70.2 Å². The Morgan fingerprint density at radius 2 is 1.64 bits per heavy atom. The molecule has 2 unspecified atom stereocenters. The molecule has 0 heterocycles. The van der Waals surface area contributed by atoms with Gasteiger partial charge in [0, 0.05) is 33.0 Å². The van der Waals surface area contributed by atoms with E-state index < -0.39 is 11.5 Å². The van der Waals surface area contributed by atoms with Crippen molar-refractivity contribution in [1.29, 1.82) is 0 Å². The third kappa shape index (κ3) is 18.2. The molecule has 2 amide bonds. The summed E-state index contributed by atoms with van der Waals surface area (Å²) in [6.07, 6.45) is 7.10. The molecule has 1 aromatic carbocycles. The number of allylic oxidation sites excluding steroid dienone is 2. The normalized spacial score (nSPS) is 13.2. The zero-order valence-electron chi connectivity index (χ0n) is 24.3. The second-order valence-corrected chi connectivity index (χ2v) is 10.5. The number of carbonyl (C=O) groups excluding carboxylic acids is 3. The van der Waals surface area contributed by atoms with Gasteiger partial charge in [0.2, 0.25) is 11.8 Å². The summed E-state index contributed by atoms with van der Waals surface area (Å²) in [6, 6.07) is 9.41. The molecule has 0 aliphatic rings. The van der Waals surface area contributed by atoms with Crippen molar-refractivity contribution in [1.82, 2.24) is 10.6 Å². The zero-order chi connectivity index (χ0) is 28.9. The fourth-order valence-corrected chi connectivity index (χ4v) is 3.65. The topological polar surface area (TPSA) is 112 Å². The van der Waals surface area contributed by atoms with Crippen LogP contribution in [-0.2, 0) is 33.3 Å². The van der Waals surface area contributed by atoms with E-state index >= 15 is 0 Å². The van der Waals surface area contributed by atoms with Gasteiger partial charge in [-0.15, -0.1) is 0 Å². The Hall–Kier alpha value is -2.75.